The van der Waals surface area contributed by atoms with Crippen LogP contribution in [0.3, 0.4) is 0 Å². The second kappa shape index (κ2) is 3.28. The minimum atomic E-state index is -0.172. The Morgan fingerprint density at radius 1 is 1.64 bits per heavy atom. The summed E-state index contributed by atoms with van der Waals surface area (Å²) in [6.45, 7) is 1.64. The number of hydrogen-bond acceptors (Lipinski definition) is 3. The van der Waals surface area contributed by atoms with Crippen LogP contribution in [0.25, 0.3) is 0 Å². The first-order chi connectivity index (χ1) is 5.15. The molecule has 0 saturated heterocycles. The van der Waals surface area contributed by atoms with Crippen molar-refractivity contribution in [3.8, 4) is 0 Å². The molecule has 0 aliphatic carbocycles. The van der Waals surface area contributed by atoms with Crippen LogP contribution >= 0.6 is 23.4 Å². The minimum Gasteiger partial charge on any atom is -0.301 e. The lowest BCUT2D eigenvalue weighted by Gasteiger charge is -1.97. The van der Waals surface area contributed by atoms with Crippen molar-refractivity contribution in [2.45, 2.75) is 12.1 Å². The van der Waals surface area contributed by atoms with Crippen LogP contribution in [0.5, 0.6) is 0 Å². The van der Waals surface area contributed by atoms with E-state index in [1.165, 1.54) is 11.8 Å². The van der Waals surface area contributed by atoms with Gasteiger partial charge in [0.15, 0.2) is 5.16 Å². The van der Waals surface area contributed by atoms with Crippen LogP contribution in [0.1, 0.15) is 5.56 Å². The largest absolute Gasteiger partial charge is 0.301 e. The summed E-state index contributed by atoms with van der Waals surface area (Å²) in [4.78, 5) is 17.5. The maximum absolute atomic E-state index is 11.0. The van der Waals surface area contributed by atoms with Gasteiger partial charge in [-0.1, -0.05) is 23.4 Å². The summed E-state index contributed by atoms with van der Waals surface area (Å²) in [5, 5.41) is 0.823. The summed E-state index contributed by atoms with van der Waals surface area (Å²) in [7, 11) is 0. The van der Waals surface area contributed by atoms with Gasteiger partial charge in [-0.15, -0.1) is 0 Å². The normalized spacial score (nSPS) is 10.1. The lowest BCUT2D eigenvalue weighted by atomic mass is 10.4. The molecule has 0 fully saturated rings. The van der Waals surface area contributed by atoms with Crippen molar-refractivity contribution in [1.29, 1.82) is 0 Å². The molecule has 1 aromatic rings. The van der Waals surface area contributed by atoms with Crippen molar-refractivity contribution in [3.63, 3.8) is 0 Å². The number of thioether (sulfide) groups is 1. The Labute approximate surface area is 73.2 Å². The SMILES string of the molecule is CSc1nc(Cl)c(C)c(=O)[nH]1. The molecule has 1 aromatic heterocycles. The zero-order valence-corrected chi connectivity index (χ0v) is 7.71. The molecule has 3 nitrogen and oxygen atoms in total. The maximum Gasteiger partial charge on any atom is 0.255 e. The standard InChI is InChI=1S/C6H7ClN2OS/c1-3-4(7)8-6(11-2)9-5(3)10/h1-2H3,(H,8,9,10). The number of aromatic nitrogens is 2. The number of halogens is 1. The molecular formula is C6H7ClN2OS. The Morgan fingerprint density at radius 2 is 2.27 bits per heavy atom. The Kier molecular flexibility index (Phi) is 2.57. The van der Waals surface area contributed by atoms with Crippen molar-refractivity contribution in [2.24, 2.45) is 0 Å². The third-order valence-corrected chi connectivity index (χ3v) is 2.21. The van der Waals surface area contributed by atoms with E-state index in [1.807, 2.05) is 6.26 Å². The molecule has 0 bridgehead atoms. The minimum absolute atomic E-state index is 0.172. The Bertz CT molecular complexity index is 323. The van der Waals surface area contributed by atoms with E-state index >= 15 is 0 Å². The Balaban J connectivity index is 3.32. The van der Waals surface area contributed by atoms with E-state index in [9.17, 15) is 4.79 Å². The number of H-pyrrole nitrogens is 1. The van der Waals surface area contributed by atoms with Crippen LogP contribution in [0.4, 0.5) is 0 Å². The van der Waals surface area contributed by atoms with Gasteiger partial charge in [-0.05, 0) is 13.2 Å². The number of rotatable bonds is 1. The van der Waals surface area contributed by atoms with E-state index < -0.39 is 0 Å². The molecule has 1 heterocycles. The highest BCUT2D eigenvalue weighted by atomic mass is 35.5. The monoisotopic (exact) mass is 190 g/mol. The van der Waals surface area contributed by atoms with Crippen LogP contribution in [0.2, 0.25) is 5.15 Å². The molecule has 11 heavy (non-hydrogen) atoms. The summed E-state index contributed by atoms with van der Waals surface area (Å²) < 4.78 is 0. The molecule has 0 radical (unpaired) electrons. The number of hydrogen-bond donors (Lipinski definition) is 1. The lowest BCUT2D eigenvalue weighted by molar-refractivity contribution is 0.920. The van der Waals surface area contributed by atoms with E-state index in [-0.39, 0.29) is 10.7 Å². The van der Waals surface area contributed by atoms with Gasteiger partial charge in [0.2, 0.25) is 0 Å². The van der Waals surface area contributed by atoms with E-state index in [0.29, 0.717) is 10.7 Å². The van der Waals surface area contributed by atoms with E-state index in [1.54, 1.807) is 6.92 Å². The quantitative estimate of drug-likeness (QED) is 0.414. The molecule has 60 valence electrons. The predicted octanol–water partition coefficient (Wildman–Crippen LogP) is 1.45. The Hall–Kier alpha value is -0.480. The van der Waals surface area contributed by atoms with Crippen molar-refractivity contribution >= 4 is 23.4 Å². The maximum atomic E-state index is 11.0. The third-order valence-electron chi connectivity index (χ3n) is 1.26. The van der Waals surface area contributed by atoms with Gasteiger partial charge in [0.25, 0.3) is 5.56 Å². The molecule has 0 aliphatic rings. The topological polar surface area (TPSA) is 45.8 Å². The van der Waals surface area contributed by atoms with E-state index in [2.05, 4.69) is 9.97 Å². The summed E-state index contributed by atoms with van der Waals surface area (Å²) in [6.07, 6.45) is 1.82. The van der Waals surface area contributed by atoms with Crippen molar-refractivity contribution in [2.75, 3.05) is 6.26 Å². The van der Waals surface area contributed by atoms with Crippen molar-refractivity contribution < 1.29 is 0 Å². The molecular weight excluding hydrogens is 184 g/mol. The van der Waals surface area contributed by atoms with Crippen LogP contribution in [0.15, 0.2) is 9.95 Å². The summed E-state index contributed by atoms with van der Waals surface area (Å²) in [5.41, 5.74) is 0.291. The molecule has 1 N–H and O–H groups in total. The van der Waals surface area contributed by atoms with Gasteiger partial charge in [0.05, 0.1) is 5.56 Å². The first kappa shape index (κ1) is 8.62. The van der Waals surface area contributed by atoms with Gasteiger partial charge in [-0.2, -0.15) is 0 Å². The van der Waals surface area contributed by atoms with Gasteiger partial charge in [-0.3, -0.25) is 4.79 Å². The van der Waals surface area contributed by atoms with E-state index in [4.69, 9.17) is 11.6 Å². The molecule has 0 atom stereocenters. The molecule has 0 aromatic carbocycles. The first-order valence-electron chi connectivity index (χ1n) is 2.95. The second-order valence-electron chi connectivity index (χ2n) is 1.99. The van der Waals surface area contributed by atoms with E-state index in [0.717, 1.165) is 0 Å². The highest BCUT2D eigenvalue weighted by Gasteiger charge is 2.02. The molecule has 5 heteroatoms. The molecule has 0 aliphatic heterocycles. The third kappa shape index (κ3) is 1.75. The lowest BCUT2D eigenvalue weighted by Crippen LogP contribution is -2.12. The van der Waals surface area contributed by atoms with Crippen molar-refractivity contribution in [1.82, 2.24) is 9.97 Å². The zero-order valence-electron chi connectivity index (χ0n) is 6.14. The second-order valence-corrected chi connectivity index (χ2v) is 3.14. The number of nitrogens with one attached hydrogen (secondary N) is 1. The fourth-order valence-electron chi connectivity index (χ4n) is 0.582. The predicted molar refractivity (Wildman–Crippen MR) is 46.4 cm³/mol. The van der Waals surface area contributed by atoms with Crippen LogP contribution < -0.4 is 5.56 Å². The van der Waals surface area contributed by atoms with Gasteiger partial charge < -0.3 is 4.98 Å². The summed E-state index contributed by atoms with van der Waals surface area (Å²) >= 11 is 7.01. The van der Waals surface area contributed by atoms with Crippen LogP contribution in [-0.2, 0) is 0 Å². The van der Waals surface area contributed by atoms with Crippen LogP contribution in [0, 0.1) is 6.92 Å². The summed E-state index contributed by atoms with van der Waals surface area (Å²) in [5.74, 6) is 0. The van der Waals surface area contributed by atoms with Crippen molar-refractivity contribution in [3.05, 3.63) is 21.1 Å². The van der Waals surface area contributed by atoms with Gasteiger partial charge in [0.1, 0.15) is 5.15 Å². The summed E-state index contributed by atoms with van der Waals surface area (Å²) in [6, 6.07) is 0. The molecule has 1 rings (SSSR count). The number of aromatic amines is 1. The molecule has 0 unspecified atom stereocenters. The van der Waals surface area contributed by atoms with Gasteiger partial charge in [0, 0.05) is 0 Å². The average Bonchev–Trinajstić information content (AvgIpc) is 1.99. The average molecular weight is 191 g/mol. The Morgan fingerprint density at radius 3 is 2.73 bits per heavy atom. The smallest absolute Gasteiger partial charge is 0.255 e. The van der Waals surface area contributed by atoms with Crippen LogP contribution in [-0.4, -0.2) is 16.2 Å². The molecule has 0 spiro atoms. The molecule has 0 saturated carbocycles. The molecule has 0 amide bonds. The van der Waals surface area contributed by atoms with Gasteiger partial charge >= 0.3 is 0 Å². The van der Waals surface area contributed by atoms with Gasteiger partial charge in [-0.25, -0.2) is 4.98 Å². The fourth-order valence-corrected chi connectivity index (χ4v) is 1.18. The first-order valence-corrected chi connectivity index (χ1v) is 4.56. The zero-order chi connectivity index (χ0) is 8.43. The highest BCUT2D eigenvalue weighted by Crippen LogP contribution is 2.11. The number of nitrogens with zero attached hydrogens (tertiary/aromatic N) is 1. The highest BCUT2D eigenvalue weighted by molar-refractivity contribution is 7.98. The fraction of sp³-hybridized carbons (Fsp3) is 0.333.